The molecule has 1 heterocycles. The Balaban J connectivity index is 1.90. The molecule has 2 N–H and O–H groups in total. The van der Waals surface area contributed by atoms with Crippen LogP contribution in [0.2, 0.25) is 5.02 Å². The number of allylic oxidation sites excluding steroid dienone is 2. The highest BCUT2D eigenvalue weighted by atomic mass is 35.5. The third-order valence-corrected chi connectivity index (χ3v) is 6.08. The number of rotatable bonds is 8. The predicted octanol–water partition coefficient (Wildman–Crippen LogP) is 5.14. The molecule has 0 aliphatic carbocycles. The van der Waals surface area contributed by atoms with Crippen LogP contribution >= 0.6 is 23.4 Å². The first-order valence-corrected chi connectivity index (χ1v) is 11.4. The molecule has 6 nitrogen and oxygen atoms in total. The van der Waals surface area contributed by atoms with Gasteiger partial charge in [0.25, 0.3) is 0 Å². The smallest absolute Gasteiger partial charge is 0.337 e. The minimum Gasteiger partial charge on any atom is -0.458 e. The summed E-state index contributed by atoms with van der Waals surface area (Å²) < 4.78 is 5.29. The summed E-state index contributed by atoms with van der Waals surface area (Å²) in [5.74, 6) is -1.33. The lowest BCUT2D eigenvalue weighted by atomic mass is 9.82. The van der Waals surface area contributed by atoms with Crippen LogP contribution < -0.4 is 10.6 Å². The zero-order chi connectivity index (χ0) is 23.8. The molecule has 0 bridgehead atoms. The molecule has 2 aromatic carbocycles. The van der Waals surface area contributed by atoms with Gasteiger partial charge in [-0.2, -0.15) is 5.26 Å². The number of thioether (sulfide) groups is 1. The molecule has 0 saturated carbocycles. The van der Waals surface area contributed by atoms with Gasteiger partial charge in [-0.25, -0.2) is 4.79 Å². The Morgan fingerprint density at radius 2 is 1.94 bits per heavy atom. The Kier molecular flexibility index (Phi) is 8.36. The molecule has 0 fully saturated rings. The van der Waals surface area contributed by atoms with Crippen LogP contribution in [-0.2, 0) is 14.3 Å². The summed E-state index contributed by atoms with van der Waals surface area (Å²) >= 11 is 7.24. The minimum atomic E-state index is -0.662. The maximum atomic E-state index is 12.9. The summed E-state index contributed by atoms with van der Waals surface area (Å²) in [7, 11) is 0. The standard InChI is InChI=1S/C25H22ClN3O3S/c1-3-13-32-25(31)22-16(2)28-24(33-15-21(30)29-19-7-5-4-6-8-19)20(14-27)23(22)17-9-11-18(26)12-10-17/h3-12,23,28H,1,13,15H2,2H3,(H,29,30)/t23-/m1/s1. The van der Waals surface area contributed by atoms with Gasteiger partial charge >= 0.3 is 5.97 Å². The molecular formula is C25H22ClN3O3S. The number of halogens is 1. The highest BCUT2D eigenvalue weighted by Gasteiger charge is 2.35. The van der Waals surface area contributed by atoms with Gasteiger partial charge in [0, 0.05) is 16.4 Å². The Bertz CT molecular complexity index is 1150. The number of nitrogens with zero attached hydrogens (tertiary/aromatic N) is 1. The fraction of sp³-hybridized carbons (Fsp3) is 0.160. The lowest BCUT2D eigenvalue weighted by Gasteiger charge is -2.29. The number of nitriles is 1. The van der Waals surface area contributed by atoms with Crippen LogP contribution in [0.4, 0.5) is 5.69 Å². The van der Waals surface area contributed by atoms with Gasteiger partial charge in [-0.05, 0) is 36.8 Å². The number of ether oxygens (including phenoxy) is 1. The third kappa shape index (κ3) is 6.07. The predicted molar refractivity (Wildman–Crippen MR) is 131 cm³/mol. The fourth-order valence-electron chi connectivity index (χ4n) is 3.35. The molecular weight excluding hydrogens is 458 g/mol. The zero-order valence-electron chi connectivity index (χ0n) is 17.9. The maximum Gasteiger partial charge on any atom is 0.337 e. The summed E-state index contributed by atoms with van der Waals surface area (Å²) in [4.78, 5) is 25.3. The number of hydrogen-bond donors (Lipinski definition) is 2. The first-order valence-electron chi connectivity index (χ1n) is 10.1. The molecule has 168 valence electrons. The van der Waals surface area contributed by atoms with Crippen LogP contribution in [0, 0.1) is 11.3 Å². The summed E-state index contributed by atoms with van der Waals surface area (Å²) in [6.45, 7) is 5.36. The van der Waals surface area contributed by atoms with Gasteiger partial charge < -0.3 is 15.4 Å². The first kappa shape index (κ1) is 24.2. The number of carbonyl (C=O) groups excluding carboxylic acids is 2. The number of nitrogens with one attached hydrogen (secondary N) is 2. The molecule has 8 heteroatoms. The van der Waals surface area contributed by atoms with Crippen molar-refractivity contribution >= 4 is 40.9 Å². The summed E-state index contributed by atoms with van der Waals surface area (Å²) in [6.07, 6.45) is 1.48. The van der Waals surface area contributed by atoms with Gasteiger partial charge in [-0.3, -0.25) is 4.79 Å². The van der Waals surface area contributed by atoms with Gasteiger partial charge in [0.1, 0.15) is 6.61 Å². The molecule has 0 saturated heterocycles. The number of hydrogen-bond acceptors (Lipinski definition) is 6. The van der Waals surface area contributed by atoms with Crippen molar-refractivity contribution in [3.8, 4) is 6.07 Å². The fourth-order valence-corrected chi connectivity index (χ4v) is 4.37. The first-order chi connectivity index (χ1) is 15.9. The summed E-state index contributed by atoms with van der Waals surface area (Å²) in [5.41, 5.74) is 2.61. The quantitative estimate of drug-likeness (QED) is 0.402. The van der Waals surface area contributed by atoms with Crippen molar-refractivity contribution in [3.05, 3.63) is 99.7 Å². The Morgan fingerprint density at radius 1 is 1.24 bits per heavy atom. The Morgan fingerprint density at radius 3 is 2.58 bits per heavy atom. The molecule has 0 spiro atoms. The molecule has 1 aliphatic heterocycles. The van der Waals surface area contributed by atoms with E-state index in [2.05, 4.69) is 23.3 Å². The Labute approximate surface area is 202 Å². The van der Waals surface area contributed by atoms with Gasteiger partial charge in [0.2, 0.25) is 5.91 Å². The maximum absolute atomic E-state index is 12.9. The van der Waals surface area contributed by atoms with Crippen molar-refractivity contribution in [2.75, 3.05) is 17.7 Å². The highest BCUT2D eigenvalue weighted by Crippen LogP contribution is 2.41. The summed E-state index contributed by atoms with van der Waals surface area (Å²) in [6, 6.07) is 18.3. The van der Waals surface area contributed by atoms with Crippen LogP contribution in [0.15, 0.2) is 89.1 Å². The van der Waals surface area contributed by atoms with Gasteiger partial charge in [0.05, 0.1) is 33.9 Å². The average Bonchev–Trinajstić information content (AvgIpc) is 2.82. The second-order valence-electron chi connectivity index (χ2n) is 7.09. The molecule has 0 radical (unpaired) electrons. The number of dihydropyridines is 1. The SMILES string of the molecule is C=CCOC(=O)C1=C(C)NC(SCC(=O)Nc2ccccc2)=C(C#N)[C@H]1c1ccc(Cl)cc1. The van der Waals surface area contributed by atoms with E-state index in [4.69, 9.17) is 16.3 Å². The van der Waals surface area contributed by atoms with Crippen molar-refractivity contribution in [2.24, 2.45) is 0 Å². The van der Waals surface area contributed by atoms with E-state index >= 15 is 0 Å². The van der Waals surface area contributed by atoms with Crippen molar-refractivity contribution in [3.63, 3.8) is 0 Å². The molecule has 0 unspecified atom stereocenters. The van der Waals surface area contributed by atoms with E-state index in [1.807, 2.05) is 18.2 Å². The largest absolute Gasteiger partial charge is 0.458 e. The van der Waals surface area contributed by atoms with Crippen molar-refractivity contribution < 1.29 is 14.3 Å². The van der Waals surface area contributed by atoms with E-state index < -0.39 is 11.9 Å². The number of benzene rings is 2. The molecule has 0 aromatic heterocycles. The lowest BCUT2D eigenvalue weighted by molar-refractivity contribution is -0.138. The van der Waals surface area contributed by atoms with Crippen molar-refractivity contribution in [1.82, 2.24) is 5.32 Å². The molecule has 1 aliphatic rings. The van der Waals surface area contributed by atoms with Crippen LogP contribution in [0.1, 0.15) is 18.4 Å². The molecule has 33 heavy (non-hydrogen) atoms. The van der Waals surface area contributed by atoms with Gasteiger partial charge in [0.15, 0.2) is 0 Å². The number of amides is 1. The second kappa shape index (κ2) is 11.4. The normalized spacial score (nSPS) is 15.4. The average molecular weight is 480 g/mol. The van der Waals surface area contributed by atoms with Crippen LogP contribution in [-0.4, -0.2) is 24.2 Å². The number of esters is 1. The molecule has 3 rings (SSSR count). The van der Waals surface area contributed by atoms with Crippen molar-refractivity contribution in [2.45, 2.75) is 12.8 Å². The van der Waals surface area contributed by atoms with Gasteiger partial charge in [-0.15, -0.1) is 0 Å². The lowest BCUT2D eigenvalue weighted by Crippen LogP contribution is -2.29. The van der Waals surface area contributed by atoms with E-state index in [9.17, 15) is 14.9 Å². The number of carbonyl (C=O) groups is 2. The second-order valence-corrected chi connectivity index (χ2v) is 8.51. The van der Waals surface area contributed by atoms with E-state index in [0.717, 1.165) is 0 Å². The zero-order valence-corrected chi connectivity index (χ0v) is 19.5. The van der Waals surface area contributed by atoms with Crippen LogP contribution in [0.5, 0.6) is 0 Å². The van der Waals surface area contributed by atoms with Crippen molar-refractivity contribution in [1.29, 1.82) is 5.26 Å². The van der Waals surface area contributed by atoms with Crippen LogP contribution in [0.25, 0.3) is 0 Å². The number of para-hydroxylation sites is 1. The molecule has 2 aromatic rings. The third-order valence-electron chi connectivity index (χ3n) is 4.81. The van der Waals surface area contributed by atoms with Gasteiger partial charge in [-0.1, -0.05) is 66.3 Å². The van der Waals surface area contributed by atoms with E-state index in [0.29, 0.717) is 38.1 Å². The topological polar surface area (TPSA) is 91.2 Å². The summed E-state index contributed by atoms with van der Waals surface area (Å²) in [5, 5.41) is 17.0. The highest BCUT2D eigenvalue weighted by molar-refractivity contribution is 8.03. The Hall–Kier alpha value is -3.47. The monoisotopic (exact) mass is 479 g/mol. The van der Waals surface area contributed by atoms with E-state index in [1.165, 1.54) is 17.8 Å². The van der Waals surface area contributed by atoms with E-state index in [-0.39, 0.29) is 18.3 Å². The molecule has 1 atom stereocenters. The number of anilines is 1. The minimum absolute atomic E-state index is 0.0514. The van der Waals surface area contributed by atoms with E-state index in [1.54, 1.807) is 43.3 Å². The van der Waals surface area contributed by atoms with Crippen LogP contribution in [0.3, 0.4) is 0 Å². The molecule has 1 amide bonds.